The number of nitriles is 3. The molecule has 5 nitrogen and oxygen atoms in total. The number of hydrogen-bond acceptors (Lipinski definition) is 5. The SMILES string of the molecule is CC1(C)OC(=C(C#N)C#N)C(C#N)=C1c1ccc(C2CCCNCC2)cc1. The Morgan fingerprint density at radius 1 is 1.07 bits per heavy atom. The molecule has 1 fully saturated rings. The molecule has 2 aliphatic heterocycles. The van der Waals surface area contributed by atoms with Crippen molar-refractivity contribution in [2.75, 3.05) is 13.1 Å². The van der Waals surface area contributed by atoms with E-state index in [0.29, 0.717) is 5.92 Å². The van der Waals surface area contributed by atoms with E-state index in [1.165, 1.54) is 18.4 Å². The summed E-state index contributed by atoms with van der Waals surface area (Å²) in [4.78, 5) is 0. The van der Waals surface area contributed by atoms with E-state index in [4.69, 9.17) is 4.74 Å². The van der Waals surface area contributed by atoms with Crippen LogP contribution in [-0.4, -0.2) is 18.7 Å². The standard InChI is InChI=1S/C22H22N4O/c1-22(2)20(19(14-25)21(27-22)18(12-23)13-24)17-7-5-16(6-8-17)15-4-3-10-26-11-9-15/h5-8,15,26H,3-4,9-11H2,1-2H3. The van der Waals surface area contributed by atoms with E-state index >= 15 is 0 Å². The summed E-state index contributed by atoms with van der Waals surface area (Å²) in [5.41, 5.74) is 2.23. The molecule has 1 aromatic carbocycles. The summed E-state index contributed by atoms with van der Waals surface area (Å²) < 4.78 is 5.86. The first-order chi connectivity index (χ1) is 13.0. The molecule has 1 N–H and O–H groups in total. The molecule has 0 spiro atoms. The average Bonchev–Trinajstić information content (AvgIpc) is 2.84. The highest BCUT2D eigenvalue weighted by Gasteiger charge is 2.40. The summed E-state index contributed by atoms with van der Waals surface area (Å²) in [7, 11) is 0. The molecule has 136 valence electrons. The zero-order valence-electron chi connectivity index (χ0n) is 15.7. The van der Waals surface area contributed by atoms with Crippen LogP contribution >= 0.6 is 0 Å². The number of allylic oxidation sites excluding steroid dienone is 2. The summed E-state index contributed by atoms with van der Waals surface area (Å²) in [6.45, 7) is 5.82. The van der Waals surface area contributed by atoms with Crippen LogP contribution in [0.4, 0.5) is 0 Å². The molecule has 27 heavy (non-hydrogen) atoms. The number of rotatable bonds is 2. The topological polar surface area (TPSA) is 92.6 Å². The first-order valence-corrected chi connectivity index (χ1v) is 9.21. The van der Waals surface area contributed by atoms with Crippen molar-refractivity contribution < 1.29 is 4.74 Å². The molecule has 1 unspecified atom stereocenters. The Bertz CT molecular complexity index is 893. The lowest BCUT2D eigenvalue weighted by atomic mass is 9.86. The lowest BCUT2D eigenvalue weighted by Gasteiger charge is -2.23. The lowest BCUT2D eigenvalue weighted by Crippen LogP contribution is -2.21. The van der Waals surface area contributed by atoms with Crippen LogP contribution in [0.2, 0.25) is 0 Å². The number of benzene rings is 1. The van der Waals surface area contributed by atoms with E-state index in [2.05, 4.69) is 23.5 Å². The quantitative estimate of drug-likeness (QED) is 0.809. The molecule has 3 rings (SSSR count). The van der Waals surface area contributed by atoms with Crippen molar-refractivity contribution in [2.45, 2.75) is 44.6 Å². The van der Waals surface area contributed by atoms with Crippen LogP contribution in [-0.2, 0) is 4.74 Å². The molecule has 0 bridgehead atoms. The van der Waals surface area contributed by atoms with Gasteiger partial charge in [-0.25, -0.2) is 0 Å². The maximum absolute atomic E-state index is 9.68. The second-order valence-corrected chi connectivity index (χ2v) is 7.40. The molecule has 5 heteroatoms. The van der Waals surface area contributed by atoms with Crippen molar-refractivity contribution >= 4 is 5.57 Å². The Morgan fingerprint density at radius 2 is 1.78 bits per heavy atom. The Balaban J connectivity index is 2.02. The van der Waals surface area contributed by atoms with Crippen LogP contribution in [0.15, 0.2) is 41.2 Å². The maximum Gasteiger partial charge on any atom is 0.172 e. The predicted octanol–water partition coefficient (Wildman–Crippen LogP) is 3.93. The van der Waals surface area contributed by atoms with Crippen LogP contribution in [0, 0.1) is 34.0 Å². The second kappa shape index (κ2) is 7.67. The van der Waals surface area contributed by atoms with Crippen LogP contribution < -0.4 is 5.32 Å². The van der Waals surface area contributed by atoms with Crippen molar-refractivity contribution in [3.8, 4) is 18.2 Å². The highest BCUT2D eigenvalue weighted by Crippen LogP contribution is 2.45. The molecule has 0 radical (unpaired) electrons. The first kappa shape index (κ1) is 18.7. The van der Waals surface area contributed by atoms with E-state index in [1.54, 1.807) is 0 Å². The second-order valence-electron chi connectivity index (χ2n) is 7.40. The molecule has 0 saturated carbocycles. The Morgan fingerprint density at radius 3 is 2.41 bits per heavy atom. The Kier molecular flexibility index (Phi) is 5.31. The predicted molar refractivity (Wildman–Crippen MR) is 102 cm³/mol. The smallest absolute Gasteiger partial charge is 0.172 e. The minimum atomic E-state index is -0.785. The van der Waals surface area contributed by atoms with Crippen LogP contribution in [0.1, 0.15) is 50.2 Å². The van der Waals surface area contributed by atoms with Gasteiger partial charge in [-0.1, -0.05) is 24.3 Å². The van der Waals surface area contributed by atoms with Crippen molar-refractivity contribution in [3.05, 3.63) is 52.3 Å². The molecular weight excluding hydrogens is 336 g/mol. The van der Waals surface area contributed by atoms with Crippen molar-refractivity contribution in [1.29, 1.82) is 15.8 Å². The monoisotopic (exact) mass is 358 g/mol. The number of nitrogens with one attached hydrogen (secondary N) is 1. The fourth-order valence-electron chi connectivity index (χ4n) is 3.95. The van der Waals surface area contributed by atoms with E-state index in [0.717, 1.165) is 30.6 Å². The van der Waals surface area contributed by atoms with Gasteiger partial charge in [-0.2, -0.15) is 15.8 Å². The van der Waals surface area contributed by atoms with Gasteiger partial charge in [0.1, 0.15) is 29.4 Å². The highest BCUT2D eigenvalue weighted by atomic mass is 16.5. The van der Waals surface area contributed by atoms with Gasteiger partial charge in [0.2, 0.25) is 0 Å². The number of ether oxygens (including phenoxy) is 1. The minimum Gasteiger partial charge on any atom is -0.480 e. The largest absolute Gasteiger partial charge is 0.480 e. The fraction of sp³-hybridized carbons (Fsp3) is 0.409. The third kappa shape index (κ3) is 3.59. The fourth-order valence-corrected chi connectivity index (χ4v) is 3.95. The maximum atomic E-state index is 9.68. The number of nitrogens with zero attached hydrogens (tertiary/aromatic N) is 3. The molecule has 0 aromatic heterocycles. The molecule has 1 aromatic rings. The van der Waals surface area contributed by atoms with Crippen LogP contribution in [0.5, 0.6) is 0 Å². The molecule has 0 amide bonds. The zero-order chi connectivity index (χ0) is 19.4. The highest BCUT2D eigenvalue weighted by molar-refractivity contribution is 5.84. The summed E-state index contributed by atoms with van der Waals surface area (Å²) in [6.07, 6.45) is 3.48. The van der Waals surface area contributed by atoms with Gasteiger partial charge in [0, 0.05) is 5.57 Å². The van der Waals surface area contributed by atoms with Crippen LogP contribution in [0.25, 0.3) is 5.57 Å². The third-order valence-electron chi connectivity index (χ3n) is 5.25. The van der Waals surface area contributed by atoms with E-state index in [1.807, 2.05) is 38.1 Å². The van der Waals surface area contributed by atoms with Gasteiger partial charge in [0.05, 0.1) is 0 Å². The van der Waals surface area contributed by atoms with E-state index in [-0.39, 0.29) is 16.9 Å². The molecule has 0 aliphatic carbocycles. The molecular formula is C22H22N4O. The van der Waals surface area contributed by atoms with Gasteiger partial charge in [-0.3, -0.25) is 0 Å². The van der Waals surface area contributed by atoms with Gasteiger partial charge >= 0.3 is 0 Å². The molecule has 1 saturated heterocycles. The lowest BCUT2D eigenvalue weighted by molar-refractivity contribution is 0.109. The van der Waals surface area contributed by atoms with Crippen molar-refractivity contribution in [3.63, 3.8) is 0 Å². The normalized spacial score (nSPS) is 21.4. The van der Waals surface area contributed by atoms with Gasteiger partial charge in [-0.15, -0.1) is 0 Å². The number of hydrogen-bond donors (Lipinski definition) is 1. The van der Waals surface area contributed by atoms with E-state index < -0.39 is 5.60 Å². The summed E-state index contributed by atoms with van der Waals surface area (Å²) in [6, 6.07) is 14.1. The first-order valence-electron chi connectivity index (χ1n) is 9.21. The van der Waals surface area contributed by atoms with Gasteiger partial charge < -0.3 is 10.1 Å². The minimum absolute atomic E-state index is 0.0846. The Hall–Kier alpha value is -3.07. The van der Waals surface area contributed by atoms with Gasteiger partial charge in [0.25, 0.3) is 0 Å². The van der Waals surface area contributed by atoms with Gasteiger partial charge in [0.15, 0.2) is 11.3 Å². The Labute approximate surface area is 160 Å². The molecule has 2 heterocycles. The van der Waals surface area contributed by atoms with Gasteiger partial charge in [-0.05, 0) is 63.2 Å². The summed E-state index contributed by atoms with van der Waals surface area (Å²) >= 11 is 0. The average molecular weight is 358 g/mol. The van der Waals surface area contributed by atoms with E-state index in [9.17, 15) is 15.8 Å². The molecule has 2 aliphatic rings. The third-order valence-corrected chi connectivity index (χ3v) is 5.25. The summed E-state index contributed by atoms with van der Waals surface area (Å²) in [5, 5.41) is 31.5. The molecule has 1 atom stereocenters. The van der Waals surface area contributed by atoms with Crippen molar-refractivity contribution in [1.82, 2.24) is 5.32 Å². The summed E-state index contributed by atoms with van der Waals surface area (Å²) in [5.74, 6) is 0.631. The van der Waals surface area contributed by atoms with Crippen LogP contribution in [0.3, 0.4) is 0 Å². The van der Waals surface area contributed by atoms with Crippen molar-refractivity contribution in [2.24, 2.45) is 0 Å². The zero-order valence-corrected chi connectivity index (χ0v) is 15.7.